The lowest BCUT2D eigenvalue weighted by molar-refractivity contribution is -0.130. The molecule has 2 heterocycles. The van der Waals surface area contributed by atoms with E-state index in [4.69, 9.17) is 0 Å². The molecule has 1 saturated heterocycles. The normalized spacial score (nSPS) is 16.1. The minimum atomic E-state index is -0.136. The van der Waals surface area contributed by atoms with Crippen molar-refractivity contribution in [3.8, 4) is 0 Å². The molecule has 7 heteroatoms. The zero-order valence-electron chi connectivity index (χ0n) is 17.8. The Morgan fingerprint density at radius 1 is 1.03 bits per heavy atom. The molecule has 0 saturated carbocycles. The van der Waals surface area contributed by atoms with Crippen molar-refractivity contribution in [2.75, 3.05) is 37.3 Å². The summed E-state index contributed by atoms with van der Waals surface area (Å²) in [7, 11) is 1.75. The molecular weight excluding hydrogens is 410 g/mol. The summed E-state index contributed by atoms with van der Waals surface area (Å²) >= 11 is 1.45. The number of carbonyl (C=O) groups excluding carboxylic acids is 3. The number of fused-ring (bicyclic) bond motifs is 1. The summed E-state index contributed by atoms with van der Waals surface area (Å²) in [6, 6.07) is 15.3. The van der Waals surface area contributed by atoms with Gasteiger partial charge in [-0.2, -0.15) is 0 Å². The third kappa shape index (κ3) is 4.93. The minimum Gasteiger partial charge on any atom is -0.340 e. The van der Waals surface area contributed by atoms with Crippen LogP contribution < -0.4 is 4.90 Å². The number of rotatable bonds is 5. The zero-order valence-corrected chi connectivity index (χ0v) is 18.6. The third-order valence-electron chi connectivity index (χ3n) is 5.77. The van der Waals surface area contributed by atoms with Crippen LogP contribution in [0, 0.1) is 0 Å². The molecule has 0 unspecified atom stereocenters. The van der Waals surface area contributed by atoms with E-state index in [9.17, 15) is 14.4 Å². The predicted molar refractivity (Wildman–Crippen MR) is 122 cm³/mol. The van der Waals surface area contributed by atoms with Gasteiger partial charge in [-0.3, -0.25) is 14.4 Å². The van der Waals surface area contributed by atoms with Crippen LogP contribution in [0.1, 0.15) is 35.2 Å². The summed E-state index contributed by atoms with van der Waals surface area (Å²) in [6.07, 6.45) is 3.21. The molecule has 2 aromatic rings. The summed E-state index contributed by atoms with van der Waals surface area (Å²) in [4.78, 5) is 44.5. The lowest BCUT2D eigenvalue weighted by atomic mass is 10.1. The maximum atomic E-state index is 12.9. The van der Waals surface area contributed by atoms with Gasteiger partial charge in [0, 0.05) is 37.1 Å². The van der Waals surface area contributed by atoms with E-state index in [0.29, 0.717) is 23.5 Å². The lowest BCUT2D eigenvalue weighted by Gasteiger charge is -2.31. The van der Waals surface area contributed by atoms with E-state index in [2.05, 4.69) is 0 Å². The van der Waals surface area contributed by atoms with Crippen LogP contribution >= 0.6 is 11.8 Å². The summed E-state index contributed by atoms with van der Waals surface area (Å²) < 4.78 is 0. The Balaban J connectivity index is 1.51. The van der Waals surface area contributed by atoms with Gasteiger partial charge in [-0.15, -0.1) is 11.8 Å². The standard InChI is InChI=1S/C24H27N3O3S/c1-25(15-18-8-4-2-5-9-18)22(28)16-27-20-14-19(10-11-21(20)31-17-23(27)29)24(30)26-12-6-3-7-13-26/h2,4-5,8-11,14H,3,6-7,12-13,15-17H2,1H3. The summed E-state index contributed by atoms with van der Waals surface area (Å²) in [5.41, 5.74) is 2.27. The number of amides is 3. The summed E-state index contributed by atoms with van der Waals surface area (Å²) in [6.45, 7) is 2.00. The van der Waals surface area contributed by atoms with E-state index in [0.717, 1.165) is 42.8 Å². The van der Waals surface area contributed by atoms with E-state index in [1.54, 1.807) is 18.0 Å². The molecule has 162 valence electrons. The minimum absolute atomic E-state index is 0.00186. The maximum Gasteiger partial charge on any atom is 0.253 e. The van der Waals surface area contributed by atoms with Crippen LogP contribution in [0.25, 0.3) is 0 Å². The SMILES string of the molecule is CN(Cc1ccccc1)C(=O)CN1C(=O)CSc2ccc(C(=O)N3CCCCC3)cc21. The Kier molecular flexibility index (Phi) is 6.61. The molecule has 2 aliphatic heterocycles. The van der Waals surface area contributed by atoms with Gasteiger partial charge in [0.1, 0.15) is 6.54 Å². The number of likely N-dealkylation sites (N-methyl/N-ethyl adjacent to an activating group) is 1. The molecule has 4 rings (SSSR count). The molecule has 3 amide bonds. The molecule has 0 spiro atoms. The molecule has 1 fully saturated rings. The predicted octanol–water partition coefficient (Wildman–Crippen LogP) is 3.41. The quantitative estimate of drug-likeness (QED) is 0.719. The van der Waals surface area contributed by atoms with Crippen molar-refractivity contribution < 1.29 is 14.4 Å². The second kappa shape index (κ2) is 9.56. The van der Waals surface area contributed by atoms with E-state index in [-0.39, 0.29) is 24.3 Å². The molecular formula is C24H27N3O3S. The highest BCUT2D eigenvalue weighted by molar-refractivity contribution is 8.00. The van der Waals surface area contributed by atoms with Gasteiger partial charge in [-0.05, 0) is 43.0 Å². The Hall–Kier alpha value is -2.80. The van der Waals surface area contributed by atoms with Gasteiger partial charge in [0.2, 0.25) is 11.8 Å². The van der Waals surface area contributed by atoms with Crippen LogP contribution in [0.5, 0.6) is 0 Å². The summed E-state index contributed by atoms with van der Waals surface area (Å²) in [5.74, 6) is 0.0459. The van der Waals surface area contributed by atoms with Gasteiger partial charge >= 0.3 is 0 Å². The van der Waals surface area contributed by atoms with Crippen LogP contribution in [0.15, 0.2) is 53.4 Å². The fraction of sp³-hybridized carbons (Fsp3) is 0.375. The molecule has 0 atom stereocenters. The first kappa shape index (κ1) is 21.4. The Bertz CT molecular complexity index is 973. The van der Waals surface area contributed by atoms with E-state index in [1.807, 2.05) is 47.4 Å². The fourth-order valence-electron chi connectivity index (χ4n) is 3.99. The Labute approximate surface area is 187 Å². The Morgan fingerprint density at radius 3 is 2.52 bits per heavy atom. The second-order valence-electron chi connectivity index (χ2n) is 8.04. The van der Waals surface area contributed by atoms with Gasteiger partial charge in [0.15, 0.2) is 0 Å². The van der Waals surface area contributed by atoms with Gasteiger partial charge in [-0.1, -0.05) is 30.3 Å². The third-order valence-corrected chi connectivity index (χ3v) is 6.82. The van der Waals surface area contributed by atoms with Crippen LogP contribution in [0.2, 0.25) is 0 Å². The number of nitrogens with zero attached hydrogens (tertiary/aromatic N) is 3. The van der Waals surface area contributed by atoms with Crippen LogP contribution in [-0.4, -0.2) is 60.0 Å². The average molecular weight is 438 g/mol. The molecule has 2 aliphatic rings. The van der Waals surface area contributed by atoms with Crippen molar-refractivity contribution in [3.63, 3.8) is 0 Å². The number of piperidine rings is 1. The van der Waals surface area contributed by atoms with Crippen molar-refractivity contribution >= 4 is 35.2 Å². The zero-order chi connectivity index (χ0) is 21.8. The van der Waals surface area contributed by atoms with Gasteiger partial charge in [0.05, 0.1) is 11.4 Å². The van der Waals surface area contributed by atoms with Crippen molar-refractivity contribution in [1.82, 2.24) is 9.80 Å². The molecule has 0 radical (unpaired) electrons. The number of thioether (sulfide) groups is 1. The molecule has 31 heavy (non-hydrogen) atoms. The summed E-state index contributed by atoms with van der Waals surface area (Å²) in [5, 5.41) is 0. The second-order valence-corrected chi connectivity index (χ2v) is 9.06. The molecule has 0 aliphatic carbocycles. The average Bonchev–Trinajstić information content (AvgIpc) is 2.81. The fourth-order valence-corrected chi connectivity index (χ4v) is 4.91. The molecule has 6 nitrogen and oxygen atoms in total. The highest BCUT2D eigenvalue weighted by Gasteiger charge is 2.29. The smallest absolute Gasteiger partial charge is 0.253 e. The molecule has 0 bridgehead atoms. The number of anilines is 1. The highest BCUT2D eigenvalue weighted by Crippen LogP contribution is 2.36. The van der Waals surface area contributed by atoms with Crippen molar-refractivity contribution in [1.29, 1.82) is 0 Å². The number of hydrogen-bond acceptors (Lipinski definition) is 4. The monoisotopic (exact) mass is 437 g/mol. The van der Waals surface area contributed by atoms with E-state index >= 15 is 0 Å². The van der Waals surface area contributed by atoms with Gasteiger partial charge in [0.25, 0.3) is 5.91 Å². The number of likely N-dealkylation sites (tertiary alicyclic amines) is 1. The van der Waals surface area contributed by atoms with Crippen LogP contribution in [-0.2, 0) is 16.1 Å². The number of hydrogen-bond donors (Lipinski definition) is 0. The van der Waals surface area contributed by atoms with E-state index in [1.165, 1.54) is 16.7 Å². The molecule has 0 N–H and O–H groups in total. The van der Waals surface area contributed by atoms with Gasteiger partial charge < -0.3 is 14.7 Å². The lowest BCUT2D eigenvalue weighted by Crippen LogP contribution is -2.44. The number of carbonyl (C=O) groups is 3. The largest absolute Gasteiger partial charge is 0.340 e. The highest BCUT2D eigenvalue weighted by atomic mass is 32.2. The number of benzene rings is 2. The topological polar surface area (TPSA) is 60.9 Å². The van der Waals surface area contributed by atoms with Crippen molar-refractivity contribution in [3.05, 3.63) is 59.7 Å². The van der Waals surface area contributed by atoms with Crippen LogP contribution in [0.3, 0.4) is 0 Å². The molecule has 2 aromatic carbocycles. The van der Waals surface area contributed by atoms with Crippen molar-refractivity contribution in [2.45, 2.75) is 30.7 Å². The van der Waals surface area contributed by atoms with Crippen LogP contribution in [0.4, 0.5) is 5.69 Å². The Morgan fingerprint density at radius 2 is 1.77 bits per heavy atom. The van der Waals surface area contributed by atoms with Gasteiger partial charge in [-0.25, -0.2) is 0 Å². The first-order chi connectivity index (χ1) is 15.0. The molecule has 0 aromatic heterocycles. The van der Waals surface area contributed by atoms with Crippen molar-refractivity contribution in [2.24, 2.45) is 0 Å². The maximum absolute atomic E-state index is 12.9. The first-order valence-corrected chi connectivity index (χ1v) is 11.7. The first-order valence-electron chi connectivity index (χ1n) is 10.7. The van der Waals surface area contributed by atoms with E-state index < -0.39 is 0 Å².